The van der Waals surface area contributed by atoms with E-state index in [9.17, 15) is 18.0 Å². The molecule has 8 nitrogen and oxygen atoms in total. The highest BCUT2D eigenvalue weighted by molar-refractivity contribution is 7.91. The van der Waals surface area contributed by atoms with Gasteiger partial charge in [0.25, 0.3) is 0 Å². The largest absolute Gasteiger partial charge is 0.338 e. The van der Waals surface area contributed by atoms with Crippen LogP contribution >= 0.6 is 0 Å². The normalized spacial score (nSPS) is 27.5. The molecule has 0 radical (unpaired) electrons. The number of sulfone groups is 1. The summed E-state index contributed by atoms with van der Waals surface area (Å²) in [6, 6.07) is -0.887. The monoisotopic (exact) mass is 346 g/mol. The molecule has 2 aliphatic rings. The van der Waals surface area contributed by atoms with E-state index < -0.39 is 21.8 Å². The second kappa shape index (κ2) is 8.07. The van der Waals surface area contributed by atoms with Crippen molar-refractivity contribution in [2.75, 3.05) is 37.7 Å². The highest BCUT2D eigenvalue weighted by Gasteiger charge is 2.41. The molecule has 0 aliphatic carbocycles. The zero-order valence-electron chi connectivity index (χ0n) is 13.5. The lowest BCUT2D eigenvalue weighted by atomic mass is 10.1. The van der Waals surface area contributed by atoms with Gasteiger partial charge in [-0.15, -0.1) is 0 Å². The first-order valence-corrected chi connectivity index (χ1v) is 9.99. The highest BCUT2D eigenvalue weighted by Crippen LogP contribution is 2.22. The van der Waals surface area contributed by atoms with Crippen LogP contribution in [0.15, 0.2) is 0 Å². The number of likely N-dealkylation sites (tertiary alicyclic amines) is 1. The third-order valence-corrected chi connectivity index (χ3v) is 6.01. The molecule has 0 spiro atoms. The molecule has 0 aromatic heterocycles. The SMILES string of the molecule is CCNC(=O)NC(=O)CNC1CS(=O)(=O)CC1N1CCCCC1. The number of nitrogens with zero attached hydrogens (tertiary/aromatic N) is 1. The van der Waals surface area contributed by atoms with E-state index >= 15 is 0 Å². The number of amides is 3. The second-order valence-corrected chi connectivity index (χ2v) is 8.29. The molecule has 23 heavy (non-hydrogen) atoms. The average Bonchev–Trinajstić information content (AvgIpc) is 2.81. The molecule has 2 atom stereocenters. The van der Waals surface area contributed by atoms with Gasteiger partial charge in [-0.3, -0.25) is 15.0 Å². The van der Waals surface area contributed by atoms with Crippen molar-refractivity contribution in [1.82, 2.24) is 20.9 Å². The zero-order chi connectivity index (χ0) is 16.9. The summed E-state index contributed by atoms with van der Waals surface area (Å²) in [6.45, 7) is 3.94. The molecule has 3 N–H and O–H groups in total. The first kappa shape index (κ1) is 18.2. The number of hydrogen-bond donors (Lipinski definition) is 3. The van der Waals surface area contributed by atoms with Crippen molar-refractivity contribution in [1.29, 1.82) is 0 Å². The van der Waals surface area contributed by atoms with Gasteiger partial charge in [-0.1, -0.05) is 6.42 Å². The predicted octanol–water partition coefficient (Wildman–Crippen LogP) is -0.927. The lowest BCUT2D eigenvalue weighted by molar-refractivity contribution is -0.119. The van der Waals surface area contributed by atoms with E-state index in [1.54, 1.807) is 6.92 Å². The highest BCUT2D eigenvalue weighted by atomic mass is 32.2. The summed E-state index contributed by atoms with van der Waals surface area (Å²) in [5, 5.41) is 7.70. The maximum absolute atomic E-state index is 12.0. The minimum atomic E-state index is -3.09. The maximum atomic E-state index is 12.0. The number of urea groups is 1. The van der Waals surface area contributed by atoms with Crippen LogP contribution in [0.25, 0.3) is 0 Å². The lowest BCUT2D eigenvalue weighted by Crippen LogP contribution is -2.53. The Bertz CT molecular complexity index is 531. The maximum Gasteiger partial charge on any atom is 0.321 e. The van der Waals surface area contributed by atoms with Gasteiger partial charge in [0.1, 0.15) is 0 Å². The van der Waals surface area contributed by atoms with Crippen LogP contribution in [0.4, 0.5) is 4.79 Å². The van der Waals surface area contributed by atoms with Crippen LogP contribution in [0.1, 0.15) is 26.2 Å². The number of imide groups is 1. The fourth-order valence-electron chi connectivity index (χ4n) is 3.23. The standard InChI is InChI=1S/C14H26N4O4S/c1-2-15-14(20)17-13(19)8-16-11-9-23(21,22)10-12(11)18-6-4-3-5-7-18/h11-12,16H,2-10H2,1H3,(H2,15,17,19,20). The van der Waals surface area contributed by atoms with Gasteiger partial charge in [-0.25, -0.2) is 13.2 Å². The van der Waals surface area contributed by atoms with Crippen molar-refractivity contribution in [2.24, 2.45) is 0 Å². The van der Waals surface area contributed by atoms with Gasteiger partial charge in [-0.05, 0) is 32.9 Å². The average molecular weight is 346 g/mol. The van der Waals surface area contributed by atoms with E-state index in [1.807, 2.05) is 0 Å². The Hall–Kier alpha value is -1.19. The third-order valence-electron chi connectivity index (χ3n) is 4.30. The molecule has 2 saturated heterocycles. The number of nitrogens with one attached hydrogen (secondary N) is 3. The number of carbonyl (C=O) groups is 2. The van der Waals surface area contributed by atoms with Gasteiger partial charge in [0.05, 0.1) is 18.1 Å². The fraction of sp³-hybridized carbons (Fsp3) is 0.857. The summed E-state index contributed by atoms with van der Waals surface area (Å²) >= 11 is 0. The quantitative estimate of drug-likeness (QED) is 0.594. The molecule has 3 amide bonds. The Balaban J connectivity index is 1.88. The van der Waals surface area contributed by atoms with E-state index in [0.717, 1.165) is 25.9 Å². The molecule has 0 saturated carbocycles. The van der Waals surface area contributed by atoms with E-state index in [2.05, 4.69) is 20.9 Å². The van der Waals surface area contributed by atoms with Crippen molar-refractivity contribution in [2.45, 2.75) is 38.3 Å². The molecule has 2 unspecified atom stereocenters. The van der Waals surface area contributed by atoms with E-state index in [4.69, 9.17) is 0 Å². The fourth-order valence-corrected chi connectivity index (χ4v) is 5.22. The van der Waals surface area contributed by atoms with Gasteiger partial charge < -0.3 is 10.6 Å². The van der Waals surface area contributed by atoms with Gasteiger partial charge in [0.15, 0.2) is 9.84 Å². The van der Waals surface area contributed by atoms with Crippen LogP contribution in [0.5, 0.6) is 0 Å². The summed E-state index contributed by atoms with van der Waals surface area (Å²) in [7, 11) is -3.09. The van der Waals surface area contributed by atoms with Crippen molar-refractivity contribution >= 4 is 21.8 Å². The molecule has 2 rings (SSSR count). The van der Waals surface area contributed by atoms with Crippen LogP contribution in [-0.2, 0) is 14.6 Å². The topological polar surface area (TPSA) is 108 Å². The van der Waals surface area contributed by atoms with Crippen LogP contribution in [0, 0.1) is 0 Å². The Morgan fingerprint density at radius 2 is 1.83 bits per heavy atom. The van der Waals surface area contributed by atoms with E-state index in [-0.39, 0.29) is 30.1 Å². The molecular formula is C14H26N4O4S. The van der Waals surface area contributed by atoms with Crippen molar-refractivity contribution in [3.8, 4) is 0 Å². The summed E-state index contributed by atoms with van der Waals surface area (Å²) in [5.41, 5.74) is 0. The van der Waals surface area contributed by atoms with Crippen molar-refractivity contribution in [3.63, 3.8) is 0 Å². The second-order valence-electron chi connectivity index (χ2n) is 6.14. The van der Waals surface area contributed by atoms with Crippen LogP contribution in [0.2, 0.25) is 0 Å². The smallest absolute Gasteiger partial charge is 0.321 e. The van der Waals surface area contributed by atoms with Gasteiger partial charge >= 0.3 is 6.03 Å². The first-order chi connectivity index (χ1) is 10.9. The molecule has 2 aliphatic heterocycles. The third kappa shape index (κ3) is 5.43. The molecular weight excluding hydrogens is 320 g/mol. The summed E-state index contributed by atoms with van der Waals surface area (Å²) in [6.07, 6.45) is 3.35. The molecule has 9 heteroatoms. The Labute approximate surface area is 137 Å². The minimum absolute atomic E-state index is 0.0442. The molecule has 0 aromatic carbocycles. The predicted molar refractivity (Wildman–Crippen MR) is 86.9 cm³/mol. The van der Waals surface area contributed by atoms with Crippen LogP contribution in [0.3, 0.4) is 0 Å². The summed E-state index contributed by atoms with van der Waals surface area (Å²) < 4.78 is 23.9. The lowest BCUT2D eigenvalue weighted by Gasteiger charge is -2.35. The first-order valence-electron chi connectivity index (χ1n) is 8.17. The molecule has 132 valence electrons. The number of piperidine rings is 1. The van der Waals surface area contributed by atoms with Gasteiger partial charge in [0, 0.05) is 18.6 Å². The Kier molecular flexibility index (Phi) is 6.37. The van der Waals surface area contributed by atoms with E-state index in [0.29, 0.717) is 6.54 Å². The molecule has 0 aromatic rings. The van der Waals surface area contributed by atoms with Crippen molar-refractivity contribution in [3.05, 3.63) is 0 Å². The van der Waals surface area contributed by atoms with Gasteiger partial charge in [0.2, 0.25) is 5.91 Å². The minimum Gasteiger partial charge on any atom is -0.338 e. The number of carbonyl (C=O) groups excluding carboxylic acids is 2. The summed E-state index contributed by atoms with van der Waals surface area (Å²) in [5.74, 6) is -0.275. The zero-order valence-corrected chi connectivity index (χ0v) is 14.3. The Morgan fingerprint density at radius 3 is 2.48 bits per heavy atom. The summed E-state index contributed by atoms with van der Waals surface area (Å²) in [4.78, 5) is 25.2. The van der Waals surface area contributed by atoms with Crippen molar-refractivity contribution < 1.29 is 18.0 Å². The number of hydrogen-bond acceptors (Lipinski definition) is 6. The van der Waals surface area contributed by atoms with Crippen LogP contribution in [-0.4, -0.2) is 75.0 Å². The van der Waals surface area contributed by atoms with Crippen LogP contribution < -0.4 is 16.0 Å². The molecule has 2 fully saturated rings. The van der Waals surface area contributed by atoms with Gasteiger partial charge in [-0.2, -0.15) is 0 Å². The molecule has 0 bridgehead atoms. The number of rotatable bonds is 5. The Morgan fingerprint density at radius 1 is 1.13 bits per heavy atom. The molecule has 2 heterocycles. The van der Waals surface area contributed by atoms with E-state index in [1.165, 1.54) is 6.42 Å².